The van der Waals surface area contributed by atoms with E-state index in [1.807, 2.05) is 37.3 Å². The number of hydrogen-bond donors (Lipinski definition) is 1. The summed E-state index contributed by atoms with van der Waals surface area (Å²) < 4.78 is 28.4. The fraction of sp³-hybridized carbons (Fsp3) is 0.269. The van der Waals surface area contributed by atoms with Gasteiger partial charge in [-0.15, -0.1) is 0 Å². The maximum atomic E-state index is 13.6. The molecular formula is C26H28N2O3S. The van der Waals surface area contributed by atoms with Crippen LogP contribution in [0, 0.1) is 0 Å². The van der Waals surface area contributed by atoms with Gasteiger partial charge in [0.2, 0.25) is 5.91 Å². The summed E-state index contributed by atoms with van der Waals surface area (Å²) in [6.45, 7) is 1.71. The average molecular weight is 449 g/mol. The number of nitrogens with one attached hydrogen (secondary N) is 1. The minimum absolute atomic E-state index is 0.102. The fourth-order valence-corrected chi connectivity index (χ4v) is 5.83. The van der Waals surface area contributed by atoms with Crippen LogP contribution >= 0.6 is 0 Å². The van der Waals surface area contributed by atoms with Crippen LogP contribution in [-0.2, 0) is 27.7 Å². The Kier molecular flexibility index (Phi) is 6.61. The van der Waals surface area contributed by atoms with Gasteiger partial charge >= 0.3 is 0 Å². The van der Waals surface area contributed by atoms with Crippen LogP contribution in [0.15, 0.2) is 83.8 Å². The van der Waals surface area contributed by atoms with Crippen molar-refractivity contribution in [2.45, 2.75) is 43.5 Å². The quantitative estimate of drug-likeness (QED) is 0.573. The zero-order valence-corrected chi connectivity index (χ0v) is 19.0. The topological polar surface area (TPSA) is 66.5 Å². The zero-order valence-electron chi connectivity index (χ0n) is 18.2. The molecule has 0 heterocycles. The molecule has 1 aliphatic rings. The van der Waals surface area contributed by atoms with Crippen LogP contribution in [0.5, 0.6) is 0 Å². The van der Waals surface area contributed by atoms with Gasteiger partial charge in [0.05, 0.1) is 16.6 Å². The predicted molar refractivity (Wildman–Crippen MR) is 127 cm³/mol. The molecule has 4 rings (SSSR count). The first-order valence-electron chi connectivity index (χ1n) is 11.0. The number of aryl methyl sites for hydroxylation is 2. The smallest absolute Gasteiger partial charge is 0.264 e. The Morgan fingerprint density at radius 3 is 2.44 bits per heavy atom. The van der Waals surface area contributed by atoms with Crippen molar-refractivity contribution < 1.29 is 13.2 Å². The number of para-hydroxylation sites is 1. The molecule has 3 aromatic rings. The first kappa shape index (κ1) is 22.1. The molecule has 0 aromatic heterocycles. The number of carbonyl (C=O) groups excluding carboxylic acids is 1. The number of amides is 1. The molecule has 0 saturated carbocycles. The second kappa shape index (κ2) is 9.57. The Hall–Kier alpha value is -3.12. The third-order valence-electron chi connectivity index (χ3n) is 5.96. The van der Waals surface area contributed by atoms with E-state index < -0.39 is 10.0 Å². The second-order valence-corrected chi connectivity index (χ2v) is 9.88. The van der Waals surface area contributed by atoms with Crippen molar-refractivity contribution in [1.29, 1.82) is 0 Å². The molecule has 1 amide bonds. The lowest BCUT2D eigenvalue weighted by Gasteiger charge is -2.29. The number of fused-ring (bicyclic) bond motifs is 1. The van der Waals surface area contributed by atoms with Crippen molar-refractivity contribution >= 4 is 21.6 Å². The minimum Gasteiger partial charge on any atom is -0.348 e. The SMILES string of the molecule is CCc1ccccc1N(CC(=O)N[C@H]1CCCc2ccccc21)S(=O)(=O)c1ccccc1. The number of nitrogens with zero attached hydrogens (tertiary/aromatic N) is 1. The molecule has 1 aliphatic carbocycles. The molecule has 0 radical (unpaired) electrons. The Labute approximate surface area is 190 Å². The lowest BCUT2D eigenvalue weighted by molar-refractivity contribution is -0.120. The highest BCUT2D eigenvalue weighted by molar-refractivity contribution is 7.92. The van der Waals surface area contributed by atoms with Crippen molar-refractivity contribution in [2.75, 3.05) is 10.8 Å². The monoisotopic (exact) mass is 448 g/mol. The number of hydrogen-bond acceptors (Lipinski definition) is 3. The molecular weight excluding hydrogens is 420 g/mol. The van der Waals surface area contributed by atoms with Gasteiger partial charge in [-0.05, 0) is 60.6 Å². The molecule has 0 unspecified atom stereocenters. The third kappa shape index (κ3) is 4.55. The van der Waals surface area contributed by atoms with Gasteiger partial charge in [0, 0.05) is 0 Å². The first-order valence-corrected chi connectivity index (χ1v) is 12.5. The maximum Gasteiger partial charge on any atom is 0.264 e. The number of rotatable bonds is 7. The van der Waals surface area contributed by atoms with E-state index in [2.05, 4.69) is 11.4 Å². The highest BCUT2D eigenvalue weighted by Crippen LogP contribution is 2.30. The molecule has 0 saturated heterocycles. The summed E-state index contributed by atoms with van der Waals surface area (Å²) in [6.07, 6.45) is 3.50. The van der Waals surface area contributed by atoms with Crippen molar-refractivity contribution in [3.8, 4) is 0 Å². The van der Waals surface area contributed by atoms with E-state index in [0.29, 0.717) is 12.1 Å². The summed E-state index contributed by atoms with van der Waals surface area (Å²) >= 11 is 0. The number of carbonyl (C=O) groups is 1. The normalized spacial score (nSPS) is 15.6. The van der Waals surface area contributed by atoms with Gasteiger partial charge in [-0.3, -0.25) is 9.10 Å². The van der Waals surface area contributed by atoms with Crippen molar-refractivity contribution in [2.24, 2.45) is 0 Å². The van der Waals surface area contributed by atoms with Gasteiger partial charge in [-0.2, -0.15) is 0 Å². The molecule has 0 spiro atoms. The summed E-state index contributed by atoms with van der Waals surface area (Å²) in [7, 11) is -3.91. The molecule has 32 heavy (non-hydrogen) atoms. The molecule has 1 N–H and O–H groups in total. The van der Waals surface area contributed by atoms with Crippen molar-refractivity contribution in [1.82, 2.24) is 5.32 Å². The Bertz CT molecular complexity index is 1190. The molecule has 0 aliphatic heterocycles. The molecule has 1 atom stereocenters. The van der Waals surface area contributed by atoms with Crippen molar-refractivity contribution in [3.63, 3.8) is 0 Å². The lowest BCUT2D eigenvalue weighted by Crippen LogP contribution is -2.42. The summed E-state index contributed by atoms with van der Waals surface area (Å²) in [5.74, 6) is -0.308. The summed E-state index contributed by atoms with van der Waals surface area (Å²) in [6, 6.07) is 23.7. The minimum atomic E-state index is -3.91. The highest BCUT2D eigenvalue weighted by Gasteiger charge is 2.30. The van der Waals surface area contributed by atoms with Crippen LogP contribution in [0.4, 0.5) is 5.69 Å². The summed E-state index contributed by atoms with van der Waals surface area (Å²) in [4.78, 5) is 13.3. The Balaban J connectivity index is 1.65. The fourth-order valence-electron chi connectivity index (χ4n) is 4.35. The van der Waals surface area contributed by atoms with E-state index in [1.165, 1.54) is 9.87 Å². The third-order valence-corrected chi connectivity index (χ3v) is 7.74. The van der Waals surface area contributed by atoms with E-state index >= 15 is 0 Å². The number of anilines is 1. The maximum absolute atomic E-state index is 13.6. The summed E-state index contributed by atoms with van der Waals surface area (Å²) in [5, 5.41) is 3.09. The zero-order chi connectivity index (χ0) is 22.6. The van der Waals surface area contributed by atoms with E-state index in [-0.39, 0.29) is 23.4 Å². The van der Waals surface area contributed by atoms with Gasteiger partial charge in [0.15, 0.2) is 0 Å². The van der Waals surface area contributed by atoms with Crippen LogP contribution in [-0.4, -0.2) is 20.9 Å². The number of benzene rings is 3. The second-order valence-electron chi connectivity index (χ2n) is 8.02. The Morgan fingerprint density at radius 1 is 0.969 bits per heavy atom. The van der Waals surface area contributed by atoms with Gasteiger partial charge in [0.25, 0.3) is 10.0 Å². The number of sulfonamides is 1. The van der Waals surface area contributed by atoms with Gasteiger partial charge in [-0.25, -0.2) is 8.42 Å². The average Bonchev–Trinajstić information content (AvgIpc) is 2.83. The molecule has 5 nitrogen and oxygen atoms in total. The molecule has 3 aromatic carbocycles. The highest BCUT2D eigenvalue weighted by atomic mass is 32.2. The largest absolute Gasteiger partial charge is 0.348 e. The molecule has 166 valence electrons. The van der Waals surface area contributed by atoms with Gasteiger partial charge in [-0.1, -0.05) is 67.6 Å². The predicted octanol–water partition coefficient (Wildman–Crippen LogP) is 4.64. The molecule has 0 bridgehead atoms. The van der Waals surface area contributed by atoms with Crippen LogP contribution in [0.25, 0.3) is 0 Å². The first-order chi connectivity index (χ1) is 15.5. The van der Waals surface area contributed by atoms with E-state index in [4.69, 9.17) is 0 Å². The summed E-state index contributed by atoms with van der Waals surface area (Å²) in [5.41, 5.74) is 3.79. The van der Waals surface area contributed by atoms with E-state index in [0.717, 1.165) is 30.4 Å². The molecule has 0 fully saturated rings. The van der Waals surface area contributed by atoms with Gasteiger partial charge in [0.1, 0.15) is 6.54 Å². The van der Waals surface area contributed by atoms with Crippen molar-refractivity contribution in [3.05, 3.63) is 95.6 Å². The van der Waals surface area contributed by atoms with E-state index in [9.17, 15) is 13.2 Å². The lowest BCUT2D eigenvalue weighted by atomic mass is 9.88. The van der Waals surface area contributed by atoms with Crippen LogP contribution in [0.1, 0.15) is 42.5 Å². The standard InChI is InChI=1S/C26H28N2O3S/c1-2-20-11-7-9-18-25(20)28(32(30,31)22-14-4-3-5-15-22)19-26(29)27-24-17-10-13-21-12-6-8-16-23(21)24/h3-9,11-12,14-16,18,24H,2,10,13,17,19H2,1H3,(H,27,29)/t24-/m0/s1. The Morgan fingerprint density at radius 2 is 1.66 bits per heavy atom. The molecule has 6 heteroatoms. The van der Waals surface area contributed by atoms with Crippen LogP contribution in [0.3, 0.4) is 0 Å². The van der Waals surface area contributed by atoms with Crippen LogP contribution in [0.2, 0.25) is 0 Å². The van der Waals surface area contributed by atoms with Crippen LogP contribution < -0.4 is 9.62 Å². The van der Waals surface area contributed by atoms with E-state index in [1.54, 1.807) is 42.5 Å². The van der Waals surface area contributed by atoms with Gasteiger partial charge < -0.3 is 5.32 Å².